The van der Waals surface area contributed by atoms with Gasteiger partial charge < -0.3 is 10.2 Å². The van der Waals surface area contributed by atoms with E-state index in [0.717, 1.165) is 30.9 Å². The fraction of sp³-hybridized carbons (Fsp3) is 0.480. The van der Waals surface area contributed by atoms with E-state index in [2.05, 4.69) is 60.5 Å². The van der Waals surface area contributed by atoms with Crippen molar-refractivity contribution >= 4 is 17.3 Å². The third kappa shape index (κ3) is 3.80. The zero-order chi connectivity index (χ0) is 19.5. The lowest BCUT2D eigenvalue weighted by Gasteiger charge is -2.39. The van der Waals surface area contributed by atoms with Crippen molar-refractivity contribution in [3.8, 4) is 0 Å². The lowest BCUT2D eigenvalue weighted by Crippen LogP contribution is -2.34. The molecule has 1 aliphatic heterocycles. The smallest absolute Gasteiger partial charge is 0.251 e. The highest BCUT2D eigenvalue weighted by molar-refractivity contribution is 5.96. The van der Waals surface area contributed by atoms with Crippen LogP contribution >= 0.6 is 0 Å². The normalized spacial score (nSPS) is 17.1. The molecule has 0 saturated heterocycles. The summed E-state index contributed by atoms with van der Waals surface area (Å²) in [5, 5.41) is 3.02. The first kappa shape index (κ1) is 19.0. The quantitative estimate of drug-likeness (QED) is 0.687. The molecule has 1 fully saturated rings. The second-order valence-corrected chi connectivity index (χ2v) is 8.51. The standard InChI is InChI=1S/C25H32N2O/c1-3-14-26-25(28)22-13-12-21-16-20-10-6-7-11-23(20)27(24(21)17-22)18(2)15-19-8-4-5-9-19/h6-7,10-13,17-19H,3-5,8-9,14-16H2,1-2H3,(H,26,28). The van der Waals surface area contributed by atoms with Crippen LogP contribution in [0.15, 0.2) is 42.5 Å². The molecule has 1 heterocycles. The molecule has 28 heavy (non-hydrogen) atoms. The van der Waals surface area contributed by atoms with Crippen LogP contribution in [0.3, 0.4) is 0 Å². The van der Waals surface area contributed by atoms with Gasteiger partial charge in [-0.05, 0) is 55.0 Å². The van der Waals surface area contributed by atoms with Gasteiger partial charge in [0.05, 0.1) is 0 Å². The summed E-state index contributed by atoms with van der Waals surface area (Å²) in [6.07, 6.45) is 8.61. The van der Waals surface area contributed by atoms with E-state index in [9.17, 15) is 4.79 Å². The van der Waals surface area contributed by atoms with Crippen molar-refractivity contribution in [2.75, 3.05) is 11.4 Å². The summed E-state index contributed by atoms with van der Waals surface area (Å²) in [5.74, 6) is 0.871. The molecular formula is C25H32N2O. The largest absolute Gasteiger partial charge is 0.352 e. The Hall–Kier alpha value is -2.29. The fourth-order valence-corrected chi connectivity index (χ4v) is 4.96. The van der Waals surface area contributed by atoms with Crippen LogP contribution in [0.5, 0.6) is 0 Å². The Kier molecular flexibility index (Phi) is 5.70. The number of carbonyl (C=O) groups is 1. The van der Waals surface area contributed by atoms with E-state index >= 15 is 0 Å². The van der Waals surface area contributed by atoms with E-state index in [1.807, 2.05) is 6.07 Å². The Balaban J connectivity index is 1.68. The van der Waals surface area contributed by atoms with Gasteiger partial charge in [0.25, 0.3) is 5.91 Å². The molecule has 0 aromatic heterocycles. The van der Waals surface area contributed by atoms with E-state index in [0.29, 0.717) is 6.04 Å². The first-order chi connectivity index (χ1) is 13.7. The molecule has 2 aromatic rings. The molecule has 1 N–H and O–H groups in total. The number of nitrogens with one attached hydrogen (secondary N) is 1. The van der Waals surface area contributed by atoms with Crippen LogP contribution < -0.4 is 10.2 Å². The summed E-state index contributed by atoms with van der Waals surface area (Å²) < 4.78 is 0. The average molecular weight is 377 g/mol. The maximum absolute atomic E-state index is 12.6. The Morgan fingerprint density at radius 1 is 1.11 bits per heavy atom. The van der Waals surface area contributed by atoms with Crippen molar-refractivity contribution in [3.63, 3.8) is 0 Å². The second-order valence-electron chi connectivity index (χ2n) is 8.51. The van der Waals surface area contributed by atoms with Crippen LogP contribution in [0, 0.1) is 5.92 Å². The third-order valence-electron chi connectivity index (χ3n) is 6.36. The van der Waals surface area contributed by atoms with Gasteiger partial charge in [0.1, 0.15) is 0 Å². The number of amides is 1. The van der Waals surface area contributed by atoms with E-state index in [1.165, 1.54) is 54.6 Å². The first-order valence-corrected chi connectivity index (χ1v) is 11.0. The second kappa shape index (κ2) is 8.38. The molecule has 3 nitrogen and oxygen atoms in total. The molecule has 148 valence electrons. The number of anilines is 2. The van der Waals surface area contributed by atoms with Crippen molar-refractivity contribution in [2.45, 2.75) is 64.8 Å². The zero-order valence-corrected chi connectivity index (χ0v) is 17.2. The van der Waals surface area contributed by atoms with Crippen molar-refractivity contribution in [1.82, 2.24) is 5.32 Å². The summed E-state index contributed by atoms with van der Waals surface area (Å²) in [7, 11) is 0. The Labute approximate surface area is 169 Å². The molecule has 1 unspecified atom stereocenters. The Morgan fingerprint density at radius 2 is 1.86 bits per heavy atom. The minimum atomic E-state index is 0.0342. The van der Waals surface area contributed by atoms with Gasteiger partial charge in [-0.25, -0.2) is 0 Å². The minimum Gasteiger partial charge on any atom is -0.352 e. The van der Waals surface area contributed by atoms with Gasteiger partial charge >= 0.3 is 0 Å². The number of para-hydroxylation sites is 1. The van der Waals surface area contributed by atoms with E-state index in [1.54, 1.807) is 0 Å². The topological polar surface area (TPSA) is 32.3 Å². The number of nitrogens with zero attached hydrogens (tertiary/aromatic N) is 1. The minimum absolute atomic E-state index is 0.0342. The molecule has 3 heteroatoms. The van der Waals surface area contributed by atoms with Gasteiger partial charge in [-0.15, -0.1) is 0 Å². The van der Waals surface area contributed by atoms with Crippen LogP contribution in [0.1, 0.15) is 73.9 Å². The highest BCUT2D eigenvalue weighted by Crippen LogP contribution is 2.42. The van der Waals surface area contributed by atoms with Crippen LogP contribution in [0.4, 0.5) is 11.4 Å². The highest BCUT2D eigenvalue weighted by Gasteiger charge is 2.29. The van der Waals surface area contributed by atoms with E-state index < -0.39 is 0 Å². The number of carbonyl (C=O) groups excluding carboxylic acids is 1. The van der Waals surface area contributed by atoms with Crippen molar-refractivity contribution < 1.29 is 4.79 Å². The molecule has 1 aliphatic carbocycles. The maximum Gasteiger partial charge on any atom is 0.251 e. The molecule has 1 atom stereocenters. The Bertz CT molecular complexity index is 838. The lowest BCUT2D eigenvalue weighted by molar-refractivity contribution is 0.0953. The van der Waals surface area contributed by atoms with Crippen LogP contribution in [0.2, 0.25) is 0 Å². The molecule has 1 saturated carbocycles. The molecular weight excluding hydrogens is 344 g/mol. The van der Waals surface area contributed by atoms with Gasteiger partial charge in [0, 0.05) is 35.9 Å². The first-order valence-electron chi connectivity index (χ1n) is 11.0. The van der Waals surface area contributed by atoms with E-state index in [4.69, 9.17) is 0 Å². The third-order valence-corrected chi connectivity index (χ3v) is 6.36. The Morgan fingerprint density at radius 3 is 2.64 bits per heavy atom. The maximum atomic E-state index is 12.6. The zero-order valence-electron chi connectivity index (χ0n) is 17.2. The van der Waals surface area contributed by atoms with Gasteiger partial charge in [-0.2, -0.15) is 0 Å². The summed E-state index contributed by atoms with van der Waals surface area (Å²) in [6.45, 7) is 5.16. The van der Waals surface area contributed by atoms with Gasteiger partial charge in [0.2, 0.25) is 0 Å². The molecule has 2 aromatic carbocycles. The van der Waals surface area contributed by atoms with Crippen LogP contribution in [-0.4, -0.2) is 18.5 Å². The number of hydrogen-bond acceptors (Lipinski definition) is 2. The van der Waals surface area contributed by atoms with Gasteiger partial charge in [0.15, 0.2) is 0 Å². The van der Waals surface area contributed by atoms with Gasteiger partial charge in [-0.3, -0.25) is 4.79 Å². The van der Waals surface area contributed by atoms with Gasteiger partial charge in [-0.1, -0.05) is 56.9 Å². The summed E-state index contributed by atoms with van der Waals surface area (Å²) >= 11 is 0. The number of hydrogen-bond donors (Lipinski definition) is 1. The molecule has 4 rings (SSSR count). The fourth-order valence-electron chi connectivity index (χ4n) is 4.96. The lowest BCUT2D eigenvalue weighted by atomic mass is 9.90. The highest BCUT2D eigenvalue weighted by atomic mass is 16.1. The molecule has 0 radical (unpaired) electrons. The summed E-state index contributed by atoms with van der Waals surface area (Å²) in [5.41, 5.74) is 6.00. The predicted molar refractivity (Wildman–Crippen MR) is 116 cm³/mol. The van der Waals surface area contributed by atoms with Crippen molar-refractivity contribution in [3.05, 3.63) is 59.2 Å². The summed E-state index contributed by atoms with van der Waals surface area (Å²) in [6, 6.07) is 15.4. The van der Waals surface area contributed by atoms with E-state index in [-0.39, 0.29) is 5.91 Å². The number of fused-ring (bicyclic) bond motifs is 2. The molecule has 0 spiro atoms. The molecule has 2 aliphatic rings. The number of rotatable bonds is 6. The molecule has 0 bridgehead atoms. The van der Waals surface area contributed by atoms with Crippen LogP contribution in [-0.2, 0) is 6.42 Å². The SMILES string of the molecule is CCCNC(=O)c1ccc2c(c1)N(C(C)CC1CCCC1)c1ccccc1C2. The van der Waals surface area contributed by atoms with Crippen LogP contribution in [0.25, 0.3) is 0 Å². The monoisotopic (exact) mass is 376 g/mol. The predicted octanol–water partition coefficient (Wildman–Crippen LogP) is 5.84. The summed E-state index contributed by atoms with van der Waals surface area (Å²) in [4.78, 5) is 15.1. The average Bonchev–Trinajstić information content (AvgIpc) is 3.22. The number of benzene rings is 2. The molecule has 1 amide bonds. The van der Waals surface area contributed by atoms with Crippen molar-refractivity contribution in [2.24, 2.45) is 5.92 Å². The van der Waals surface area contributed by atoms with Crippen molar-refractivity contribution in [1.29, 1.82) is 0 Å².